The van der Waals surface area contributed by atoms with E-state index in [2.05, 4.69) is 5.32 Å². The van der Waals surface area contributed by atoms with Crippen LogP contribution in [0.15, 0.2) is 42.6 Å². The average molecular weight is 523 g/mol. The average Bonchev–Trinajstić information content (AvgIpc) is 3.19. The molecule has 0 aliphatic carbocycles. The van der Waals surface area contributed by atoms with Gasteiger partial charge in [-0.2, -0.15) is 0 Å². The molecule has 0 radical (unpaired) electrons. The summed E-state index contributed by atoms with van der Waals surface area (Å²) < 4.78 is 6.89. The molecule has 1 aliphatic heterocycles. The van der Waals surface area contributed by atoms with Crippen molar-refractivity contribution in [2.45, 2.75) is 44.1 Å². The first-order chi connectivity index (χ1) is 16.6. The molecule has 0 saturated carbocycles. The van der Waals surface area contributed by atoms with Gasteiger partial charge in [-0.15, -0.1) is 0 Å². The van der Waals surface area contributed by atoms with Crippen LogP contribution in [0.4, 0.5) is 0 Å². The maximum atomic E-state index is 13.2. The molecule has 1 unspecified atom stereocenters. The number of Topliss-reactive ketones (excluding diaryl/α,β-unsaturated/α-hetero) is 1. The Morgan fingerprint density at radius 2 is 1.80 bits per heavy atom. The van der Waals surface area contributed by atoms with Crippen LogP contribution >= 0.6 is 23.2 Å². The summed E-state index contributed by atoms with van der Waals surface area (Å²) in [7, 11) is 0. The number of fused-ring (bicyclic) bond motifs is 1. The van der Waals surface area contributed by atoms with E-state index in [9.17, 15) is 30.0 Å². The number of rotatable bonds is 6. The third-order valence-electron chi connectivity index (χ3n) is 6.07. The van der Waals surface area contributed by atoms with E-state index in [1.165, 1.54) is 6.92 Å². The predicted octanol–water partition coefficient (Wildman–Crippen LogP) is 1.73. The van der Waals surface area contributed by atoms with Gasteiger partial charge < -0.3 is 35.0 Å². The van der Waals surface area contributed by atoms with Gasteiger partial charge in [0.15, 0.2) is 12.1 Å². The van der Waals surface area contributed by atoms with Crippen LogP contribution in [0, 0.1) is 0 Å². The molecule has 4 rings (SSSR count). The molecule has 1 fully saturated rings. The summed E-state index contributed by atoms with van der Waals surface area (Å²) in [5.41, 5.74) is 2.09. The number of benzene rings is 2. The summed E-state index contributed by atoms with van der Waals surface area (Å²) >= 11 is 12.2. The Bertz CT molecular complexity index is 1280. The summed E-state index contributed by atoms with van der Waals surface area (Å²) in [5.74, 6) is -0.780. The molecule has 5 atom stereocenters. The van der Waals surface area contributed by atoms with Crippen LogP contribution in [-0.4, -0.2) is 73.9 Å². The topological polar surface area (TPSA) is 141 Å². The van der Waals surface area contributed by atoms with Crippen molar-refractivity contribution in [2.24, 2.45) is 0 Å². The van der Waals surface area contributed by atoms with Gasteiger partial charge in [0.1, 0.15) is 24.4 Å². The van der Waals surface area contributed by atoms with Crippen molar-refractivity contribution < 1.29 is 34.8 Å². The van der Waals surface area contributed by atoms with Crippen molar-refractivity contribution in [3.05, 3.63) is 69.3 Å². The molecule has 1 aromatic heterocycles. The Kier molecular flexibility index (Phi) is 7.48. The molecule has 186 valence electrons. The van der Waals surface area contributed by atoms with Gasteiger partial charge >= 0.3 is 0 Å². The van der Waals surface area contributed by atoms with Crippen LogP contribution in [0.1, 0.15) is 33.2 Å². The summed E-state index contributed by atoms with van der Waals surface area (Å²) in [6.07, 6.45) is -4.34. The van der Waals surface area contributed by atoms with Crippen LogP contribution in [0.5, 0.6) is 0 Å². The molecule has 2 aromatic carbocycles. The maximum absolute atomic E-state index is 13.2. The van der Waals surface area contributed by atoms with Crippen molar-refractivity contribution in [1.82, 2.24) is 9.88 Å². The second kappa shape index (κ2) is 10.2. The molecular formula is C24H24Cl2N2O7. The Morgan fingerprint density at radius 1 is 1.06 bits per heavy atom. The quantitative estimate of drug-likeness (QED) is 0.310. The van der Waals surface area contributed by atoms with E-state index in [1.807, 2.05) is 0 Å². The Morgan fingerprint density at radius 3 is 2.46 bits per heavy atom. The van der Waals surface area contributed by atoms with E-state index in [-0.39, 0.29) is 11.3 Å². The molecular weight excluding hydrogens is 499 g/mol. The minimum absolute atomic E-state index is 0.141. The van der Waals surface area contributed by atoms with Crippen molar-refractivity contribution >= 4 is 45.8 Å². The Balaban J connectivity index is 1.69. The number of carbonyl (C=O) groups excluding carboxylic acids is 2. The zero-order valence-electron chi connectivity index (χ0n) is 18.6. The molecule has 35 heavy (non-hydrogen) atoms. The van der Waals surface area contributed by atoms with Gasteiger partial charge in [0.2, 0.25) is 0 Å². The first-order valence-corrected chi connectivity index (χ1v) is 11.6. The van der Waals surface area contributed by atoms with Crippen LogP contribution in [0.25, 0.3) is 10.9 Å². The zero-order chi connectivity index (χ0) is 25.4. The Hall–Kier alpha value is -2.50. The molecule has 3 aromatic rings. The highest BCUT2D eigenvalue weighted by Crippen LogP contribution is 2.28. The van der Waals surface area contributed by atoms with Gasteiger partial charge in [0.05, 0.1) is 22.2 Å². The number of aliphatic hydroxyl groups excluding tert-OH is 4. The lowest BCUT2D eigenvalue weighted by Crippen LogP contribution is -2.64. The van der Waals surface area contributed by atoms with E-state index in [1.54, 1.807) is 47.2 Å². The lowest BCUT2D eigenvalue weighted by atomic mass is 9.96. The second-order valence-electron chi connectivity index (χ2n) is 8.44. The van der Waals surface area contributed by atoms with Gasteiger partial charge in [0, 0.05) is 29.2 Å². The first kappa shape index (κ1) is 25.6. The number of carbonyl (C=O) groups is 2. The molecule has 11 heteroatoms. The molecule has 2 heterocycles. The minimum Gasteiger partial charge on any atom is -0.394 e. The highest BCUT2D eigenvalue weighted by Gasteiger charge is 2.44. The zero-order valence-corrected chi connectivity index (χ0v) is 20.1. The van der Waals surface area contributed by atoms with E-state index < -0.39 is 43.2 Å². The number of amides is 1. The number of halogens is 2. The van der Waals surface area contributed by atoms with Crippen LogP contribution in [0.3, 0.4) is 0 Å². The number of aromatic nitrogens is 1. The number of ether oxygens (including phenoxy) is 1. The van der Waals surface area contributed by atoms with Crippen molar-refractivity contribution in [1.29, 1.82) is 0 Å². The van der Waals surface area contributed by atoms with Gasteiger partial charge in [0.25, 0.3) is 5.91 Å². The minimum atomic E-state index is -1.65. The number of hydrogen-bond donors (Lipinski definition) is 5. The fraction of sp³-hybridized carbons (Fsp3) is 0.333. The first-order valence-electron chi connectivity index (χ1n) is 10.8. The molecule has 1 saturated heterocycles. The van der Waals surface area contributed by atoms with Crippen LogP contribution < -0.4 is 5.32 Å². The fourth-order valence-corrected chi connectivity index (χ4v) is 4.46. The lowest BCUT2D eigenvalue weighted by molar-refractivity contribution is -0.252. The Labute approximate surface area is 210 Å². The number of hydrogen-bond acceptors (Lipinski definition) is 7. The highest BCUT2D eigenvalue weighted by molar-refractivity contribution is 6.42. The number of aliphatic hydroxyl groups is 4. The van der Waals surface area contributed by atoms with E-state index in [0.717, 1.165) is 5.56 Å². The van der Waals surface area contributed by atoms with Crippen molar-refractivity contribution in [3.8, 4) is 0 Å². The molecule has 0 spiro atoms. The van der Waals surface area contributed by atoms with Gasteiger partial charge in [-0.3, -0.25) is 9.59 Å². The molecule has 5 N–H and O–H groups in total. The molecule has 1 aliphatic rings. The van der Waals surface area contributed by atoms with Crippen molar-refractivity contribution in [3.63, 3.8) is 0 Å². The molecule has 1 amide bonds. The summed E-state index contributed by atoms with van der Waals surface area (Å²) in [5, 5.41) is 43.8. The normalized spacial score (nSPS) is 24.5. The lowest BCUT2D eigenvalue weighted by Gasteiger charge is -2.40. The second-order valence-corrected chi connectivity index (χ2v) is 9.25. The number of ketones is 1. The third kappa shape index (κ3) is 5.07. The summed E-state index contributed by atoms with van der Waals surface area (Å²) in [6.45, 7) is 1.14. The highest BCUT2D eigenvalue weighted by atomic mass is 35.5. The monoisotopic (exact) mass is 522 g/mol. The van der Waals surface area contributed by atoms with Gasteiger partial charge in [-0.25, -0.2) is 0 Å². The van der Waals surface area contributed by atoms with Crippen molar-refractivity contribution in [2.75, 3.05) is 6.61 Å². The van der Waals surface area contributed by atoms with E-state index in [0.29, 0.717) is 33.1 Å². The smallest absolute Gasteiger partial charge is 0.253 e. The van der Waals surface area contributed by atoms with E-state index >= 15 is 0 Å². The van der Waals surface area contributed by atoms with Gasteiger partial charge in [-0.05, 0) is 30.7 Å². The molecule has 0 bridgehead atoms. The fourth-order valence-electron chi connectivity index (χ4n) is 4.14. The maximum Gasteiger partial charge on any atom is 0.253 e. The largest absolute Gasteiger partial charge is 0.394 e. The predicted molar refractivity (Wildman–Crippen MR) is 129 cm³/mol. The standard InChI is InChI=1S/C24H24Cl2N2O7/c1-11(30)13-3-4-14-15(23(33)27-20-22(32)21(31)19(10-29)35-24(20)34)9-28(18(14)7-13)8-12-2-5-16(25)17(26)6-12/h2-7,9,19-22,24,29,31-32,34H,8,10H2,1H3,(H,27,33)/t19-,20-,21-,22-,24?/m1/s1. The van der Waals surface area contributed by atoms with Crippen LogP contribution in [0.2, 0.25) is 10.0 Å². The third-order valence-corrected chi connectivity index (χ3v) is 6.81. The summed E-state index contributed by atoms with van der Waals surface area (Å²) in [4.78, 5) is 25.2. The molecule has 9 nitrogen and oxygen atoms in total. The number of nitrogens with one attached hydrogen (secondary N) is 1. The van der Waals surface area contributed by atoms with Crippen LogP contribution in [-0.2, 0) is 11.3 Å². The van der Waals surface area contributed by atoms with Gasteiger partial charge in [-0.1, -0.05) is 41.4 Å². The van der Waals surface area contributed by atoms with E-state index in [4.69, 9.17) is 27.9 Å². The number of nitrogens with zero attached hydrogens (tertiary/aromatic N) is 1. The SMILES string of the molecule is CC(=O)c1ccc2c(C(=O)N[C@H]3C(O)O[C@H](CO)[C@@H](O)[C@@H]3O)cn(Cc3ccc(Cl)c(Cl)c3)c2c1. The summed E-state index contributed by atoms with van der Waals surface area (Å²) in [6, 6.07) is 8.74.